The number of unbranched alkanes of at least 4 members (excludes halogenated alkanes) is 1. The van der Waals surface area contributed by atoms with E-state index in [1.807, 2.05) is 19.1 Å². The lowest BCUT2D eigenvalue weighted by molar-refractivity contribution is -0.117. The van der Waals surface area contributed by atoms with Gasteiger partial charge in [0, 0.05) is 24.2 Å². The maximum atomic E-state index is 11.8. The van der Waals surface area contributed by atoms with Crippen LogP contribution in [-0.4, -0.2) is 18.4 Å². The van der Waals surface area contributed by atoms with Crippen LogP contribution < -0.4 is 16.4 Å². The average molecular weight is 291 g/mol. The summed E-state index contributed by atoms with van der Waals surface area (Å²) in [5, 5.41) is 5.71. The number of benzene rings is 1. The molecule has 4 N–H and O–H groups in total. The summed E-state index contributed by atoms with van der Waals surface area (Å²) >= 11 is 0. The van der Waals surface area contributed by atoms with Crippen LogP contribution in [0.4, 0.5) is 11.4 Å². The van der Waals surface area contributed by atoms with Crippen LogP contribution in [0.1, 0.15) is 44.6 Å². The van der Waals surface area contributed by atoms with Crippen molar-refractivity contribution in [2.45, 2.75) is 46.0 Å². The summed E-state index contributed by atoms with van der Waals surface area (Å²) in [6.07, 6.45) is 3.45. The lowest BCUT2D eigenvalue weighted by Gasteiger charge is -2.11. The normalized spacial score (nSPS) is 10.2. The Hall–Kier alpha value is -1.88. The fourth-order valence-electron chi connectivity index (χ4n) is 1.87. The number of anilines is 2. The molecular weight excluding hydrogens is 266 g/mol. The maximum absolute atomic E-state index is 11.8. The van der Waals surface area contributed by atoms with Gasteiger partial charge in [0.05, 0.1) is 0 Å². The number of nitrogens with two attached hydrogens (primary N) is 1. The summed E-state index contributed by atoms with van der Waals surface area (Å²) in [5.74, 6) is -0.0564. The quantitative estimate of drug-likeness (QED) is 0.688. The van der Waals surface area contributed by atoms with E-state index in [2.05, 4.69) is 17.6 Å². The Labute approximate surface area is 126 Å². The van der Waals surface area contributed by atoms with Gasteiger partial charge in [0.2, 0.25) is 11.8 Å². The van der Waals surface area contributed by atoms with E-state index in [1.165, 1.54) is 0 Å². The first-order valence-corrected chi connectivity index (χ1v) is 7.47. The molecule has 1 aromatic rings. The highest BCUT2D eigenvalue weighted by Crippen LogP contribution is 2.21. The van der Waals surface area contributed by atoms with Crippen LogP contribution in [0.3, 0.4) is 0 Å². The molecule has 0 aliphatic rings. The smallest absolute Gasteiger partial charge is 0.224 e. The molecule has 0 aliphatic carbocycles. The lowest BCUT2D eigenvalue weighted by atomic mass is 10.1. The van der Waals surface area contributed by atoms with Crippen molar-refractivity contribution in [2.24, 2.45) is 5.73 Å². The zero-order chi connectivity index (χ0) is 15.7. The van der Waals surface area contributed by atoms with Gasteiger partial charge in [0.25, 0.3) is 0 Å². The van der Waals surface area contributed by atoms with Crippen molar-refractivity contribution < 1.29 is 9.59 Å². The van der Waals surface area contributed by atoms with Gasteiger partial charge in [-0.1, -0.05) is 19.4 Å². The lowest BCUT2D eigenvalue weighted by Crippen LogP contribution is -2.15. The van der Waals surface area contributed by atoms with E-state index < -0.39 is 0 Å². The molecule has 0 heterocycles. The molecule has 1 aromatic carbocycles. The van der Waals surface area contributed by atoms with Crippen molar-refractivity contribution in [2.75, 3.05) is 17.2 Å². The molecule has 0 saturated carbocycles. The van der Waals surface area contributed by atoms with Crippen molar-refractivity contribution in [3.8, 4) is 0 Å². The number of nitrogens with one attached hydrogen (secondary N) is 2. The number of hydrogen-bond donors (Lipinski definition) is 3. The van der Waals surface area contributed by atoms with E-state index in [1.54, 1.807) is 6.07 Å². The maximum Gasteiger partial charge on any atom is 0.224 e. The fraction of sp³-hybridized carbons (Fsp3) is 0.500. The molecule has 2 amide bonds. The first kappa shape index (κ1) is 17.2. The van der Waals surface area contributed by atoms with E-state index >= 15 is 0 Å². The van der Waals surface area contributed by atoms with Gasteiger partial charge >= 0.3 is 0 Å². The highest BCUT2D eigenvalue weighted by atomic mass is 16.2. The summed E-state index contributed by atoms with van der Waals surface area (Å²) in [6.45, 7) is 4.48. The van der Waals surface area contributed by atoms with Crippen LogP contribution in [0.5, 0.6) is 0 Å². The third kappa shape index (κ3) is 6.40. The minimum atomic E-state index is -0.0624. The van der Waals surface area contributed by atoms with Crippen LogP contribution in [0.2, 0.25) is 0 Å². The van der Waals surface area contributed by atoms with Crippen LogP contribution >= 0.6 is 0 Å². The number of hydrogen-bond acceptors (Lipinski definition) is 3. The zero-order valence-electron chi connectivity index (χ0n) is 12.9. The molecule has 0 fully saturated rings. The predicted octanol–water partition coefficient (Wildman–Crippen LogP) is 2.80. The van der Waals surface area contributed by atoms with E-state index in [0.29, 0.717) is 31.5 Å². The molecule has 0 atom stereocenters. The molecule has 0 saturated heterocycles. The molecule has 0 aromatic heterocycles. The Kier molecular flexibility index (Phi) is 7.46. The van der Waals surface area contributed by atoms with E-state index in [0.717, 1.165) is 24.1 Å². The van der Waals surface area contributed by atoms with Crippen LogP contribution in [-0.2, 0) is 9.59 Å². The molecule has 5 heteroatoms. The summed E-state index contributed by atoms with van der Waals surface area (Å²) < 4.78 is 0. The first-order valence-electron chi connectivity index (χ1n) is 7.47. The number of carbonyl (C=O) groups is 2. The minimum absolute atomic E-state index is 0.00607. The molecular formula is C16H25N3O2. The van der Waals surface area contributed by atoms with Crippen LogP contribution in [0, 0.1) is 6.92 Å². The summed E-state index contributed by atoms with van der Waals surface area (Å²) in [6, 6.07) is 5.50. The summed E-state index contributed by atoms with van der Waals surface area (Å²) in [5.41, 5.74) is 7.79. The molecule has 0 unspecified atom stereocenters. The SMILES string of the molecule is CCCCC(=O)Nc1cc(NC(=O)CCCN)ccc1C. The largest absolute Gasteiger partial charge is 0.330 e. The Bertz CT molecular complexity index is 486. The average Bonchev–Trinajstić information content (AvgIpc) is 2.46. The zero-order valence-corrected chi connectivity index (χ0v) is 12.9. The Morgan fingerprint density at radius 1 is 1.10 bits per heavy atom. The van der Waals surface area contributed by atoms with Gasteiger partial charge in [0.15, 0.2) is 0 Å². The second kappa shape index (κ2) is 9.13. The molecule has 5 nitrogen and oxygen atoms in total. The molecule has 0 aliphatic heterocycles. The predicted molar refractivity (Wildman–Crippen MR) is 86.3 cm³/mol. The number of amides is 2. The van der Waals surface area contributed by atoms with Gasteiger partial charge in [-0.3, -0.25) is 9.59 Å². The monoisotopic (exact) mass is 291 g/mol. The van der Waals surface area contributed by atoms with Gasteiger partial charge in [0.1, 0.15) is 0 Å². The minimum Gasteiger partial charge on any atom is -0.330 e. The van der Waals surface area contributed by atoms with Crippen molar-refractivity contribution in [1.29, 1.82) is 0 Å². The van der Waals surface area contributed by atoms with Crippen molar-refractivity contribution in [1.82, 2.24) is 0 Å². The Balaban J connectivity index is 2.66. The number of rotatable bonds is 8. The molecule has 1 rings (SSSR count). The van der Waals surface area contributed by atoms with Crippen LogP contribution in [0.25, 0.3) is 0 Å². The fourth-order valence-corrected chi connectivity index (χ4v) is 1.87. The summed E-state index contributed by atoms with van der Waals surface area (Å²) in [7, 11) is 0. The topological polar surface area (TPSA) is 84.2 Å². The van der Waals surface area contributed by atoms with Crippen molar-refractivity contribution in [3.63, 3.8) is 0 Å². The highest BCUT2D eigenvalue weighted by molar-refractivity contribution is 5.94. The van der Waals surface area contributed by atoms with Crippen molar-refractivity contribution in [3.05, 3.63) is 23.8 Å². The summed E-state index contributed by atoms with van der Waals surface area (Å²) in [4.78, 5) is 23.5. The van der Waals surface area contributed by atoms with Crippen LogP contribution in [0.15, 0.2) is 18.2 Å². The highest BCUT2D eigenvalue weighted by Gasteiger charge is 2.07. The number of carbonyl (C=O) groups excluding carboxylic acids is 2. The third-order valence-electron chi connectivity index (χ3n) is 3.16. The number of aryl methyl sites for hydroxylation is 1. The second-order valence-corrected chi connectivity index (χ2v) is 5.12. The molecule has 0 radical (unpaired) electrons. The van der Waals surface area contributed by atoms with Gasteiger partial charge in [-0.05, 0) is 44.0 Å². The first-order chi connectivity index (χ1) is 10.1. The van der Waals surface area contributed by atoms with E-state index in [4.69, 9.17) is 5.73 Å². The van der Waals surface area contributed by atoms with Crippen molar-refractivity contribution >= 4 is 23.2 Å². The van der Waals surface area contributed by atoms with Gasteiger partial charge in [-0.15, -0.1) is 0 Å². The molecule has 0 bridgehead atoms. The molecule has 116 valence electrons. The Morgan fingerprint density at radius 2 is 1.76 bits per heavy atom. The van der Waals surface area contributed by atoms with Gasteiger partial charge in [-0.2, -0.15) is 0 Å². The standard InChI is InChI=1S/C16H25N3O2/c1-3-4-6-16(21)19-14-11-13(9-8-12(14)2)18-15(20)7-5-10-17/h8-9,11H,3-7,10,17H2,1-2H3,(H,18,20)(H,19,21). The molecule has 0 spiro atoms. The van der Waals surface area contributed by atoms with Gasteiger partial charge in [-0.25, -0.2) is 0 Å². The second-order valence-electron chi connectivity index (χ2n) is 5.12. The molecule has 21 heavy (non-hydrogen) atoms. The third-order valence-corrected chi connectivity index (χ3v) is 3.16. The Morgan fingerprint density at radius 3 is 2.43 bits per heavy atom. The van der Waals surface area contributed by atoms with Gasteiger partial charge < -0.3 is 16.4 Å². The van der Waals surface area contributed by atoms with E-state index in [-0.39, 0.29) is 11.8 Å². The van der Waals surface area contributed by atoms with E-state index in [9.17, 15) is 9.59 Å².